The minimum absolute atomic E-state index is 0. The van der Waals surface area contributed by atoms with Crippen LogP contribution in [0.2, 0.25) is 0 Å². The number of anilines is 1. The van der Waals surface area contributed by atoms with Crippen LogP contribution < -0.4 is 4.90 Å². The summed E-state index contributed by atoms with van der Waals surface area (Å²) in [5.41, 5.74) is 1.55. The quantitative estimate of drug-likeness (QED) is 0.699. The van der Waals surface area contributed by atoms with Gasteiger partial charge in [-0.2, -0.15) is 0 Å². The van der Waals surface area contributed by atoms with Gasteiger partial charge in [0.2, 0.25) is 5.91 Å². The SMILES string of the molecule is CN1CCN(C(=O)CC2c3ccccc3C(=O)N2c2ccc(Br)cn2)CC1.Cl. The third kappa shape index (κ3) is 3.92. The second-order valence-corrected chi connectivity index (χ2v) is 7.92. The summed E-state index contributed by atoms with van der Waals surface area (Å²) >= 11 is 3.38. The smallest absolute Gasteiger partial charge is 0.260 e. The van der Waals surface area contributed by atoms with Crippen molar-refractivity contribution in [1.82, 2.24) is 14.8 Å². The number of hydrogen-bond acceptors (Lipinski definition) is 4. The van der Waals surface area contributed by atoms with E-state index in [4.69, 9.17) is 0 Å². The number of amides is 2. The van der Waals surface area contributed by atoms with Crippen LogP contribution in [0.15, 0.2) is 47.1 Å². The van der Waals surface area contributed by atoms with E-state index >= 15 is 0 Å². The number of piperazine rings is 1. The topological polar surface area (TPSA) is 56.8 Å². The molecule has 3 heterocycles. The number of rotatable bonds is 3. The Hall–Kier alpha value is -1.96. The molecule has 1 aromatic carbocycles. The van der Waals surface area contributed by atoms with E-state index in [9.17, 15) is 9.59 Å². The number of fused-ring (bicyclic) bond motifs is 1. The number of likely N-dealkylation sites (N-methyl/N-ethyl adjacent to an activating group) is 1. The van der Waals surface area contributed by atoms with Gasteiger partial charge in [0.05, 0.1) is 12.5 Å². The van der Waals surface area contributed by atoms with E-state index in [1.165, 1.54) is 0 Å². The maximum Gasteiger partial charge on any atom is 0.260 e. The van der Waals surface area contributed by atoms with Crippen LogP contribution in [0.1, 0.15) is 28.4 Å². The number of nitrogens with zero attached hydrogens (tertiary/aromatic N) is 4. The van der Waals surface area contributed by atoms with Gasteiger partial charge < -0.3 is 9.80 Å². The molecular formula is C20H22BrClN4O2. The zero-order chi connectivity index (χ0) is 19.0. The highest BCUT2D eigenvalue weighted by Gasteiger charge is 2.40. The summed E-state index contributed by atoms with van der Waals surface area (Å²) < 4.78 is 0.848. The van der Waals surface area contributed by atoms with Gasteiger partial charge in [-0.05, 0) is 46.7 Å². The first-order valence-corrected chi connectivity index (χ1v) is 9.84. The molecule has 1 aromatic heterocycles. The zero-order valence-electron chi connectivity index (χ0n) is 15.5. The van der Waals surface area contributed by atoms with Crippen molar-refractivity contribution < 1.29 is 9.59 Å². The van der Waals surface area contributed by atoms with E-state index in [1.807, 2.05) is 35.2 Å². The Morgan fingerprint density at radius 2 is 1.86 bits per heavy atom. The van der Waals surface area contributed by atoms with Gasteiger partial charge in [-0.25, -0.2) is 4.98 Å². The largest absolute Gasteiger partial charge is 0.340 e. The van der Waals surface area contributed by atoms with Gasteiger partial charge in [-0.3, -0.25) is 14.5 Å². The van der Waals surface area contributed by atoms with Crippen LogP contribution >= 0.6 is 28.3 Å². The molecule has 1 unspecified atom stereocenters. The minimum atomic E-state index is -0.325. The summed E-state index contributed by atoms with van der Waals surface area (Å²) in [6.45, 7) is 3.22. The third-order valence-corrected chi connectivity index (χ3v) is 5.73. The van der Waals surface area contributed by atoms with Crippen LogP contribution in [0.25, 0.3) is 0 Å². The molecule has 2 amide bonds. The Balaban J connectivity index is 0.00000225. The molecule has 2 aliphatic rings. The maximum atomic E-state index is 13.0. The molecule has 2 aromatic rings. The van der Waals surface area contributed by atoms with Crippen molar-refractivity contribution >= 4 is 46.0 Å². The van der Waals surface area contributed by atoms with Crippen LogP contribution in [-0.4, -0.2) is 59.8 Å². The molecule has 28 heavy (non-hydrogen) atoms. The average molecular weight is 466 g/mol. The molecule has 0 bridgehead atoms. The summed E-state index contributed by atoms with van der Waals surface area (Å²) in [5, 5.41) is 0. The lowest BCUT2D eigenvalue weighted by Crippen LogP contribution is -2.47. The first-order valence-electron chi connectivity index (χ1n) is 9.05. The van der Waals surface area contributed by atoms with E-state index in [0.29, 0.717) is 11.4 Å². The van der Waals surface area contributed by atoms with Crippen LogP contribution in [0.5, 0.6) is 0 Å². The number of halogens is 2. The Morgan fingerprint density at radius 1 is 1.14 bits per heavy atom. The highest BCUT2D eigenvalue weighted by molar-refractivity contribution is 9.10. The van der Waals surface area contributed by atoms with E-state index in [1.54, 1.807) is 17.2 Å². The summed E-state index contributed by atoms with van der Waals surface area (Å²) in [6, 6.07) is 10.9. The van der Waals surface area contributed by atoms with Gasteiger partial charge in [0.25, 0.3) is 5.91 Å². The van der Waals surface area contributed by atoms with E-state index in [2.05, 4.69) is 32.9 Å². The molecule has 148 valence electrons. The second kappa shape index (κ2) is 8.59. The Kier molecular flexibility index (Phi) is 6.37. The van der Waals surface area contributed by atoms with Gasteiger partial charge >= 0.3 is 0 Å². The van der Waals surface area contributed by atoms with E-state index < -0.39 is 0 Å². The zero-order valence-corrected chi connectivity index (χ0v) is 17.9. The lowest BCUT2D eigenvalue weighted by molar-refractivity contribution is -0.133. The molecule has 1 atom stereocenters. The number of carbonyl (C=O) groups is 2. The summed E-state index contributed by atoms with van der Waals surface area (Å²) in [4.78, 5) is 36.2. The molecule has 1 saturated heterocycles. The summed E-state index contributed by atoms with van der Waals surface area (Å²) in [6.07, 6.45) is 1.94. The predicted molar refractivity (Wildman–Crippen MR) is 114 cm³/mol. The normalized spacial score (nSPS) is 19.4. The van der Waals surface area contributed by atoms with Crippen LogP contribution in [0.3, 0.4) is 0 Å². The molecule has 0 aliphatic carbocycles. The van der Waals surface area contributed by atoms with Gasteiger partial charge in [0.1, 0.15) is 5.82 Å². The summed E-state index contributed by atoms with van der Waals surface area (Å²) in [5.74, 6) is 0.548. The summed E-state index contributed by atoms with van der Waals surface area (Å²) in [7, 11) is 2.06. The van der Waals surface area contributed by atoms with Crippen molar-refractivity contribution in [2.24, 2.45) is 0 Å². The number of hydrogen-bond donors (Lipinski definition) is 0. The lowest BCUT2D eigenvalue weighted by atomic mass is 10.0. The number of pyridine rings is 1. The van der Waals surface area contributed by atoms with Crippen LogP contribution in [0, 0.1) is 0 Å². The van der Waals surface area contributed by atoms with Crippen LogP contribution in [-0.2, 0) is 4.79 Å². The molecule has 1 fully saturated rings. The Morgan fingerprint density at radius 3 is 2.54 bits per heavy atom. The molecule has 6 nitrogen and oxygen atoms in total. The van der Waals surface area contributed by atoms with E-state index in [0.717, 1.165) is 36.2 Å². The Bertz CT molecular complexity index is 869. The number of benzene rings is 1. The molecule has 0 radical (unpaired) electrons. The first-order chi connectivity index (χ1) is 13.0. The number of carbonyl (C=O) groups excluding carboxylic acids is 2. The highest BCUT2D eigenvalue weighted by atomic mass is 79.9. The van der Waals surface area contributed by atoms with Gasteiger partial charge in [0.15, 0.2) is 0 Å². The monoisotopic (exact) mass is 464 g/mol. The number of aromatic nitrogens is 1. The molecule has 8 heteroatoms. The van der Waals surface area contributed by atoms with E-state index in [-0.39, 0.29) is 36.7 Å². The van der Waals surface area contributed by atoms with Gasteiger partial charge in [-0.15, -0.1) is 12.4 Å². The third-order valence-electron chi connectivity index (χ3n) is 5.26. The fourth-order valence-corrected chi connectivity index (χ4v) is 3.95. The van der Waals surface area contributed by atoms with Crippen LogP contribution in [0.4, 0.5) is 5.82 Å². The molecular weight excluding hydrogens is 444 g/mol. The molecule has 2 aliphatic heterocycles. The molecule has 0 saturated carbocycles. The van der Waals surface area contributed by atoms with Crippen molar-refractivity contribution in [3.05, 3.63) is 58.2 Å². The average Bonchev–Trinajstić information content (AvgIpc) is 2.95. The fourth-order valence-electron chi connectivity index (χ4n) is 3.72. The fraction of sp³-hybridized carbons (Fsp3) is 0.350. The van der Waals surface area contributed by atoms with Crippen molar-refractivity contribution in [1.29, 1.82) is 0 Å². The van der Waals surface area contributed by atoms with Gasteiger partial charge in [-0.1, -0.05) is 18.2 Å². The second-order valence-electron chi connectivity index (χ2n) is 7.00. The highest BCUT2D eigenvalue weighted by Crippen LogP contribution is 2.39. The van der Waals surface area contributed by atoms with Crippen molar-refractivity contribution in [2.45, 2.75) is 12.5 Å². The maximum absolute atomic E-state index is 13.0. The van der Waals surface area contributed by atoms with Crippen molar-refractivity contribution in [3.8, 4) is 0 Å². The standard InChI is InChI=1S/C20H21BrN4O2.ClH/c1-23-8-10-24(11-9-23)19(26)12-17-15-4-2-3-5-16(15)20(27)25(17)18-7-6-14(21)13-22-18;/h2-7,13,17H,8-12H2,1H3;1H. The van der Waals surface area contributed by atoms with Crippen molar-refractivity contribution in [3.63, 3.8) is 0 Å². The predicted octanol–water partition coefficient (Wildman–Crippen LogP) is 3.13. The molecule has 0 spiro atoms. The Labute approximate surface area is 179 Å². The minimum Gasteiger partial charge on any atom is -0.340 e. The van der Waals surface area contributed by atoms with Gasteiger partial charge in [0, 0.05) is 42.4 Å². The lowest BCUT2D eigenvalue weighted by Gasteiger charge is -2.34. The molecule has 0 N–H and O–H groups in total. The molecule has 4 rings (SSSR count). The first kappa shape index (κ1) is 20.8. The van der Waals surface area contributed by atoms with Crippen molar-refractivity contribution in [2.75, 3.05) is 38.1 Å².